The van der Waals surface area contributed by atoms with Crippen molar-refractivity contribution in [3.63, 3.8) is 0 Å². The van der Waals surface area contributed by atoms with E-state index in [1.807, 2.05) is 72.8 Å². The molecule has 0 aliphatic rings. The lowest BCUT2D eigenvalue weighted by atomic mass is 9.92. The first kappa shape index (κ1) is 21.3. The second-order valence-corrected chi connectivity index (χ2v) is 8.72. The van der Waals surface area contributed by atoms with Crippen molar-refractivity contribution in [1.82, 2.24) is 14.8 Å². The number of anilines is 2. The summed E-state index contributed by atoms with van der Waals surface area (Å²) in [5.74, 6) is 0.618. The fraction of sp³-hybridized carbons (Fsp3) is 0.192. The normalized spacial score (nSPS) is 11.2. The molecule has 32 heavy (non-hydrogen) atoms. The van der Waals surface area contributed by atoms with Crippen LogP contribution in [0.4, 0.5) is 16.3 Å². The molecule has 0 atom stereocenters. The molecular formula is C26H27N5O. The summed E-state index contributed by atoms with van der Waals surface area (Å²) in [5.41, 5.74) is 4.73. The van der Waals surface area contributed by atoms with Gasteiger partial charge in [-0.05, 0) is 53.9 Å². The topological polar surface area (TPSA) is 71.8 Å². The van der Waals surface area contributed by atoms with E-state index >= 15 is 0 Å². The molecule has 0 unspecified atom stereocenters. The van der Waals surface area contributed by atoms with Crippen molar-refractivity contribution in [3.05, 3.63) is 102 Å². The third-order valence-corrected chi connectivity index (χ3v) is 5.09. The number of carbonyl (C=O) groups is 1. The Labute approximate surface area is 188 Å². The van der Waals surface area contributed by atoms with Crippen molar-refractivity contribution in [2.45, 2.75) is 32.6 Å². The Morgan fingerprint density at radius 2 is 1.53 bits per heavy atom. The van der Waals surface area contributed by atoms with E-state index in [9.17, 15) is 4.79 Å². The number of aromatic nitrogens is 3. The van der Waals surface area contributed by atoms with E-state index in [2.05, 4.69) is 36.4 Å². The first-order valence-electron chi connectivity index (χ1n) is 10.6. The van der Waals surface area contributed by atoms with Gasteiger partial charge in [0.05, 0.1) is 11.4 Å². The molecule has 2 heterocycles. The van der Waals surface area contributed by atoms with Crippen LogP contribution in [0.25, 0.3) is 5.69 Å². The smallest absolute Gasteiger partial charge is 0.308 e. The van der Waals surface area contributed by atoms with Crippen LogP contribution in [0.5, 0.6) is 0 Å². The Morgan fingerprint density at radius 1 is 0.875 bits per heavy atom. The van der Waals surface area contributed by atoms with Gasteiger partial charge in [-0.15, -0.1) is 0 Å². The van der Waals surface area contributed by atoms with Crippen LogP contribution in [-0.2, 0) is 11.8 Å². The minimum atomic E-state index is -0.315. The average Bonchev–Trinajstić information content (AvgIpc) is 3.21. The highest BCUT2D eigenvalue weighted by atomic mass is 16.2. The largest absolute Gasteiger partial charge is 0.324 e. The zero-order valence-electron chi connectivity index (χ0n) is 18.5. The average molecular weight is 426 g/mol. The quantitative estimate of drug-likeness (QED) is 0.424. The van der Waals surface area contributed by atoms with Crippen LogP contribution in [0.3, 0.4) is 0 Å². The molecule has 162 valence electrons. The summed E-state index contributed by atoms with van der Waals surface area (Å²) in [5, 5.41) is 10.6. The molecular weight excluding hydrogens is 398 g/mol. The summed E-state index contributed by atoms with van der Waals surface area (Å²) in [6.07, 6.45) is 4.41. The van der Waals surface area contributed by atoms with Crippen molar-refractivity contribution < 1.29 is 4.79 Å². The SMILES string of the molecule is CC(C)(C)c1cc(NC(=O)Nc2ccc(Cc3ccncc3)cc2)n(-c2ccccc2)n1. The number of hydrogen-bond acceptors (Lipinski definition) is 3. The van der Waals surface area contributed by atoms with E-state index in [0.29, 0.717) is 5.82 Å². The summed E-state index contributed by atoms with van der Waals surface area (Å²) in [7, 11) is 0. The standard InChI is InChI=1S/C26H27N5O/c1-26(2,3)23-18-24(31(30-23)22-7-5-4-6-8-22)29-25(32)28-21-11-9-19(10-12-21)17-20-13-15-27-16-14-20/h4-16,18H,17H2,1-3H3,(H2,28,29,32). The predicted molar refractivity (Wildman–Crippen MR) is 128 cm³/mol. The van der Waals surface area contributed by atoms with Crippen molar-refractivity contribution in [3.8, 4) is 5.69 Å². The third-order valence-electron chi connectivity index (χ3n) is 5.09. The summed E-state index contributed by atoms with van der Waals surface area (Å²) < 4.78 is 1.76. The predicted octanol–water partition coefficient (Wildman–Crippen LogP) is 5.80. The Hall–Kier alpha value is -3.93. The van der Waals surface area contributed by atoms with Crippen LogP contribution in [0, 0.1) is 0 Å². The van der Waals surface area contributed by atoms with Gasteiger partial charge in [0.2, 0.25) is 0 Å². The molecule has 0 aliphatic heterocycles. The van der Waals surface area contributed by atoms with E-state index in [4.69, 9.17) is 5.10 Å². The molecule has 0 saturated heterocycles. The van der Waals surface area contributed by atoms with Gasteiger partial charge in [0.15, 0.2) is 0 Å². The number of nitrogens with zero attached hydrogens (tertiary/aromatic N) is 3. The lowest BCUT2D eigenvalue weighted by molar-refractivity contribution is 0.262. The van der Waals surface area contributed by atoms with Gasteiger partial charge in [-0.25, -0.2) is 9.48 Å². The van der Waals surface area contributed by atoms with Crippen molar-refractivity contribution in [1.29, 1.82) is 0 Å². The number of hydrogen-bond donors (Lipinski definition) is 2. The van der Waals surface area contributed by atoms with E-state index in [1.165, 1.54) is 11.1 Å². The van der Waals surface area contributed by atoms with Crippen molar-refractivity contribution in [2.75, 3.05) is 10.6 Å². The van der Waals surface area contributed by atoms with Crippen LogP contribution in [-0.4, -0.2) is 20.8 Å². The highest BCUT2D eigenvalue weighted by Gasteiger charge is 2.21. The number of pyridine rings is 1. The molecule has 0 spiro atoms. The molecule has 2 aromatic heterocycles. The Morgan fingerprint density at radius 3 is 2.19 bits per heavy atom. The van der Waals surface area contributed by atoms with E-state index in [1.54, 1.807) is 17.1 Å². The molecule has 2 amide bonds. The minimum absolute atomic E-state index is 0.141. The fourth-order valence-corrected chi connectivity index (χ4v) is 3.32. The monoisotopic (exact) mass is 425 g/mol. The number of urea groups is 1. The van der Waals surface area contributed by atoms with Gasteiger partial charge in [0.1, 0.15) is 5.82 Å². The van der Waals surface area contributed by atoms with Gasteiger partial charge in [0.25, 0.3) is 0 Å². The molecule has 0 aliphatic carbocycles. The second kappa shape index (κ2) is 9.06. The van der Waals surface area contributed by atoms with Crippen LogP contribution in [0.15, 0.2) is 85.2 Å². The van der Waals surface area contributed by atoms with E-state index < -0.39 is 0 Å². The molecule has 2 aromatic carbocycles. The van der Waals surface area contributed by atoms with Gasteiger partial charge < -0.3 is 5.32 Å². The molecule has 0 bridgehead atoms. The molecule has 0 saturated carbocycles. The molecule has 0 fully saturated rings. The second-order valence-electron chi connectivity index (χ2n) is 8.72. The molecule has 4 aromatic rings. The van der Waals surface area contributed by atoms with E-state index in [0.717, 1.165) is 23.5 Å². The summed E-state index contributed by atoms with van der Waals surface area (Å²) >= 11 is 0. The minimum Gasteiger partial charge on any atom is -0.308 e. The molecule has 2 N–H and O–H groups in total. The van der Waals surface area contributed by atoms with Gasteiger partial charge in [0, 0.05) is 29.6 Å². The number of para-hydroxylation sites is 1. The molecule has 0 radical (unpaired) electrons. The third kappa shape index (κ3) is 5.21. The van der Waals surface area contributed by atoms with Crippen LogP contribution in [0.2, 0.25) is 0 Å². The highest BCUT2D eigenvalue weighted by molar-refractivity contribution is 5.99. The van der Waals surface area contributed by atoms with Gasteiger partial charge in [-0.1, -0.05) is 51.1 Å². The van der Waals surface area contributed by atoms with Gasteiger partial charge in [-0.2, -0.15) is 5.10 Å². The number of rotatable bonds is 5. The number of nitrogens with one attached hydrogen (secondary N) is 2. The van der Waals surface area contributed by atoms with Crippen molar-refractivity contribution >= 4 is 17.5 Å². The Balaban J connectivity index is 1.47. The molecule has 6 heteroatoms. The zero-order chi connectivity index (χ0) is 22.6. The van der Waals surface area contributed by atoms with Crippen molar-refractivity contribution in [2.24, 2.45) is 0 Å². The van der Waals surface area contributed by atoms with Crippen LogP contribution < -0.4 is 10.6 Å². The highest BCUT2D eigenvalue weighted by Crippen LogP contribution is 2.26. The van der Waals surface area contributed by atoms with Crippen LogP contribution >= 0.6 is 0 Å². The number of amides is 2. The summed E-state index contributed by atoms with van der Waals surface area (Å²) in [4.78, 5) is 16.8. The Bertz CT molecular complexity index is 1180. The number of benzene rings is 2. The first-order chi connectivity index (χ1) is 15.4. The summed E-state index contributed by atoms with van der Waals surface area (Å²) in [6, 6.07) is 23.2. The Kier molecular flexibility index (Phi) is 6.03. The fourth-order valence-electron chi connectivity index (χ4n) is 3.32. The lowest BCUT2D eigenvalue weighted by Crippen LogP contribution is -2.21. The number of carbonyl (C=O) groups excluding carboxylic acids is 1. The lowest BCUT2D eigenvalue weighted by Gasteiger charge is -2.14. The summed E-state index contributed by atoms with van der Waals surface area (Å²) in [6.45, 7) is 6.30. The molecule has 4 rings (SSSR count). The maximum Gasteiger partial charge on any atom is 0.324 e. The zero-order valence-corrected chi connectivity index (χ0v) is 18.5. The van der Waals surface area contributed by atoms with Crippen LogP contribution in [0.1, 0.15) is 37.6 Å². The first-order valence-corrected chi connectivity index (χ1v) is 10.6. The maximum absolute atomic E-state index is 12.7. The molecule has 6 nitrogen and oxygen atoms in total. The van der Waals surface area contributed by atoms with E-state index in [-0.39, 0.29) is 11.4 Å². The van der Waals surface area contributed by atoms with Gasteiger partial charge >= 0.3 is 6.03 Å². The van der Waals surface area contributed by atoms with Gasteiger partial charge in [-0.3, -0.25) is 10.3 Å². The maximum atomic E-state index is 12.7.